The van der Waals surface area contributed by atoms with Crippen LogP contribution >= 0.6 is 0 Å². The van der Waals surface area contributed by atoms with E-state index in [-0.39, 0.29) is 25.5 Å². The summed E-state index contributed by atoms with van der Waals surface area (Å²) in [6.07, 6.45) is 0.0380. The van der Waals surface area contributed by atoms with Crippen molar-refractivity contribution in [3.63, 3.8) is 0 Å². The average Bonchev–Trinajstić information content (AvgIpc) is 2.88. The fourth-order valence-corrected chi connectivity index (χ4v) is 3.94. The second-order valence-corrected chi connectivity index (χ2v) is 8.32. The molecule has 0 spiro atoms. The molecule has 9 nitrogen and oxygen atoms in total. The third-order valence-electron chi connectivity index (χ3n) is 5.70. The number of carbonyl (C=O) groups is 1. The summed E-state index contributed by atoms with van der Waals surface area (Å²) in [4.78, 5) is 14.8. The topological polar surface area (TPSA) is 110 Å². The Morgan fingerprint density at radius 3 is 2.49 bits per heavy atom. The van der Waals surface area contributed by atoms with Crippen LogP contribution in [0.25, 0.3) is 0 Å². The molecule has 0 saturated heterocycles. The predicted molar refractivity (Wildman–Crippen MR) is 131 cm³/mol. The summed E-state index contributed by atoms with van der Waals surface area (Å²) in [5, 5.41) is 23.6. The molecule has 2 aromatic rings. The molecule has 192 valence electrons. The Labute approximate surface area is 206 Å². The van der Waals surface area contributed by atoms with E-state index in [1.165, 1.54) is 0 Å². The van der Waals surface area contributed by atoms with E-state index < -0.39 is 12.1 Å². The number of benzene rings is 2. The van der Waals surface area contributed by atoms with E-state index in [1.54, 1.807) is 49.6 Å². The van der Waals surface area contributed by atoms with Crippen molar-refractivity contribution in [3.05, 3.63) is 48.0 Å². The van der Waals surface area contributed by atoms with Crippen molar-refractivity contribution >= 4 is 5.91 Å². The van der Waals surface area contributed by atoms with Gasteiger partial charge in [0.2, 0.25) is 5.91 Å². The SMILES string of the molecule is CCCN(CCO)C[C@@H](NC(=O)CCOc1ccc(OC)cc1)[C@H](O)c1ccc2c(c1)OCCO2. The number of aliphatic hydroxyl groups excluding tert-OH is 2. The molecule has 3 N–H and O–H groups in total. The number of carbonyl (C=O) groups excluding carboxylic acids is 1. The zero-order valence-electron chi connectivity index (χ0n) is 20.4. The highest BCUT2D eigenvalue weighted by atomic mass is 16.6. The molecule has 2 aromatic carbocycles. The Kier molecular flexibility index (Phi) is 10.5. The molecule has 0 saturated carbocycles. The Bertz CT molecular complexity index is 916. The molecule has 1 amide bonds. The minimum atomic E-state index is -0.977. The molecule has 0 unspecified atom stereocenters. The van der Waals surface area contributed by atoms with E-state index in [1.807, 2.05) is 11.8 Å². The first-order chi connectivity index (χ1) is 17.0. The van der Waals surface area contributed by atoms with Crippen LogP contribution in [0.5, 0.6) is 23.0 Å². The quantitative estimate of drug-likeness (QED) is 0.371. The van der Waals surface area contributed by atoms with Crippen LogP contribution in [-0.4, -0.2) is 80.2 Å². The monoisotopic (exact) mass is 488 g/mol. The van der Waals surface area contributed by atoms with Gasteiger partial charge in [-0.3, -0.25) is 9.69 Å². The number of fused-ring (bicyclic) bond motifs is 1. The molecule has 35 heavy (non-hydrogen) atoms. The number of nitrogens with one attached hydrogen (secondary N) is 1. The van der Waals surface area contributed by atoms with Gasteiger partial charge < -0.3 is 34.5 Å². The van der Waals surface area contributed by atoms with E-state index >= 15 is 0 Å². The van der Waals surface area contributed by atoms with Crippen LogP contribution < -0.4 is 24.3 Å². The molecule has 1 aliphatic rings. The van der Waals surface area contributed by atoms with Crippen molar-refractivity contribution < 1.29 is 34.0 Å². The van der Waals surface area contributed by atoms with Crippen molar-refractivity contribution in [2.24, 2.45) is 0 Å². The van der Waals surface area contributed by atoms with Gasteiger partial charge in [0.1, 0.15) is 30.8 Å². The van der Waals surface area contributed by atoms with Crippen LogP contribution in [0.3, 0.4) is 0 Å². The number of amides is 1. The Balaban J connectivity index is 1.65. The van der Waals surface area contributed by atoms with Gasteiger partial charge in [0, 0.05) is 13.1 Å². The number of rotatable bonds is 14. The fraction of sp³-hybridized carbons (Fsp3) is 0.500. The van der Waals surface area contributed by atoms with Crippen molar-refractivity contribution in [2.75, 3.05) is 53.2 Å². The van der Waals surface area contributed by atoms with E-state index in [9.17, 15) is 15.0 Å². The van der Waals surface area contributed by atoms with Gasteiger partial charge in [-0.15, -0.1) is 0 Å². The van der Waals surface area contributed by atoms with Gasteiger partial charge in [-0.2, -0.15) is 0 Å². The second kappa shape index (κ2) is 13.8. The Hall–Kier alpha value is -3.01. The Morgan fingerprint density at radius 2 is 1.80 bits per heavy atom. The molecule has 1 aliphatic heterocycles. The number of aliphatic hydroxyl groups is 2. The van der Waals surface area contributed by atoms with Gasteiger partial charge in [-0.25, -0.2) is 0 Å². The summed E-state index contributed by atoms with van der Waals surface area (Å²) in [5.41, 5.74) is 0.620. The van der Waals surface area contributed by atoms with E-state index in [4.69, 9.17) is 18.9 Å². The lowest BCUT2D eigenvalue weighted by Gasteiger charge is -2.31. The summed E-state index contributed by atoms with van der Waals surface area (Å²) in [6.45, 7) is 4.74. The highest BCUT2D eigenvalue weighted by Gasteiger charge is 2.26. The highest BCUT2D eigenvalue weighted by Crippen LogP contribution is 2.33. The van der Waals surface area contributed by atoms with Crippen molar-refractivity contribution in [2.45, 2.75) is 31.9 Å². The minimum Gasteiger partial charge on any atom is -0.497 e. The lowest BCUT2D eigenvalue weighted by molar-refractivity contribution is -0.123. The van der Waals surface area contributed by atoms with Crippen LogP contribution in [0.2, 0.25) is 0 Å². The third-order valence-corrected chi connectivity index (χ3v) is 5.70. The molecule has 0 fully saturated rings. The number of hydrogen-bond donors (Lipinski definition) is 3. The van der Waals surface area contributed by atoms with Gasteiger partial charge in [-0.1, -0.05) is 13.0 Å². The van der Waals surface area contributed by atoms with E-state index in [0.717, 1.165) is 18.7 Å². The first-order valence-electron chi connectivity index (χ1n) is 12.0. The zero-order valence-corrected chi connectivity index (χ0v) is 20.4. The molecule has 0 aromatic heterocycles. The van der Waals surface area contributed by atoms with Gasteiger partial charge in [0.25, 0.3) is 0 Å². The first kappa shape index (κ1) is 26.6. The molecule has 0 radical (unpaired) electrons. The molecule has 9 heteroatoms. The van der Waals surface area contributed by atoms with Crippen molar-refractivity contribution in [1.29, 1.82) is 0 Å². The summed E-state index contributed by atoms with van der Waals surface area (Å²) in [6, 6.07) is 11.8. The summed E-state index contributed by atoms with van der Waals surface area (Å²) < 4.78 is 22.0. The maximum atomic E-state index is 12.8. The zero-order chi connectivity index (χ0) is 25.0. The first-order valence-corrected chi connectivity index (χ1v) is 12.0. The standard InChI is InChI=1S/C26H36N2O7/c1-3-11-28(12-13-29)18-22(26(31)19-4-9-23-24(17-19)35-16-15-34-23)27-25(30)10-14-33-21-7-5-20(32-2)6-8-21/h4-9,17,22,26,29,31H,3,10-16,18H2,1-2H3,(H,27,30)/t22-,26-/m1/s1. The molecule has 3 rings (SSSR count). The molecular weight excluding hydrogens is 452 g/mol. The van der Waals surface area contributed by atoms with E-state index in [0.29, 0.717) is 49.1 Å². The van der Waals surface area contributed by atoms with Gasteiger partial charge in [-0.05, 0) is 54.9 Å². The molecule has 2 atom stereocenters. The third kappa shape index (κ3) is 8.02. The van der Waals surface area contributed by atoms with Crippen molar-refractivity contribution in [1.82, 2.24) is 10.2 Å². The summed E-state index contributed by atoms with van der Waals surface area (Å²) in [5.74, 6) is 2.34. The smallest absolute Gasteiger partial charge is 0.223 e. The number of ether oxygens (including phenoxy) is 4. The van der Waals surface area contributed by atoms with Gasteiger partial charge in [0.15, 0.2) is 11.5 Å². The van der Waals surface area contributed by atoms with Crippen LogP contribution in [-0.2, 0) is 4.79 Å². The van der Waals surface area contributed by atoms with Crippen molar-refractivity contribution in [3.8, 4) is 23.0 Å². The number of methoxy groups -OCH3 is 1. The number of nitrogens with zero attached hydrogens (tertiary/aromatic N) is 1. The normalized spacial score (nSPS) is 14.3. The number of hydrogen-bond acceptors (Lipinski definition) is 8. The summed E-state index contributed by atoms with van der Waals surface area (Å²) >= 11 is 0. The van der Waals surface area contributed by atoms with E-state index in [2.05, 4.69) is 5.32 Å². The van der Waals surface area contributed by atoms with Crippen LogP contribution in [0.15, 0.2) is 42.5 Å². The molecule has 1 heterocycles. The Morgan fingerprint density at radius 1 is 1.09 bits per heavy atom. The van der Waals surface area contributed by atoms with Crippen LogP contribution in [0.4, 0.5) is 0 Å². The van der Waals surface area contributed by atoms with Crippen LogP contribution in [0.1, 0.15) is 31.4 Å². The predicted octanol–water partition coefficient (Wildman–Crippen LogP) is 2.16. The molecule has 0 bridgehead atoms. The minimum absolute atomic E-state index is 0.00349. The average molecular weight is 489 g/mol. The lowest BCUT2D eigenvalue weighted by Crippen LogP contribution is -2.48. The van der Waals surface area contributed by atoms with Gasteiger partial charge >= 0.3 is 0 Å². The lowest BCUT2D eigenvalue weighted by atomic mass is 10.0. The van der Waals surface area contributed by atoms with Gasteiger partial charge in [0.05, 0.1) is 32.8 Å². The second-order valence-electron chi connectivity index (χ2n) is 8.32. The maximum absolute atomic E-state index is 12.8. The van der Waals surface area contributed by atoms with Crippen LogP contribution in [0, 0.1) is 0 Å². The summed E-state index contributed by atoms with van der Waals surface area (Å²) in [7, 11) is 1.60. The maximum Gasteiger partial charge on any atom is 0.223 e. The largest absolute Gasteiger partial charge is 0.497 e. The molecule has 0 aliphatic carbocycles. The fourth-order valence-electron chi connectivity index (χ4n) is 3.94. The highest BCUT2D eigenvalue weighted by molar-refractivity contribution is 5.76. The molecular formula is C26H36N2O7.